The maximum atomic E-state index is 13.3. The monoisotopic (exact) mass is 398 g/mol. The van der Waals surface area contributed by atoms with Crippen LogP contribution in [0.15, 0.2) is 47.4 Å². The molecule has 2 aromatic rings. The van der Waals surface area contributed by atoms with Gasteiger partial charge in [-0.05, 0) is 55.1 Å². The van der Waals surface area contributed by atoms with Gasteiger partial charge in [0.15, 0.2) is 0 Å². The number of sulfonamides is 1. The number of fused-ring (bicyclic) bond motifs is 1. The first kappa shape index (κ1) is 20.8. The highest BCUT2D eigenvalue weighted by Crippen LogP contribution is 2.19. The van der Waals surface area contributed by atoms with E-state index < -0.39 is 15.8 Å². The Morgan fingerprint density at radius 3 is 2.65 bits per heavy atom. The van der Waals surface area contributed by atoms with E-state index in [1.807, 2.05) is 0 Å². The van der Waals surface area contributed by atoms with Crippen LogP contribution in [-0.4, -0.2) is 33.0 Å². The molecule has 0 aromatic heterocycles. The molecule has 0 spiro atoms. The summed E-state index contributed by atoms with van der Waals surface area (Å²) in [5.74, 6) is -0.544. The van der Waals surface area contributed by atoms with E-state index in [2.05, 4.69) is 33.9 Å². The molecule has 0 saturated heterocycles. The van der Waals surface area contributed by atoms with Crippen molar-refractivity contribution in [1.29, 1.82) is 0 Å². The van der Waals surface area contributed by atoms with Crippen molar-refractivity contribution in [2.45, 2.75) is 31.2 Å². The minimum atomic E-state index is -3.67. The van der Waals surface area contributed by atoms with E-state index in [9.17, 15) is 12.8 Å². The van der Waals surface area contributed by atoms with Gasteiger partial charge in [0.2, 0.25) is 10.0 Å². The second kappa shape index (κ2) is 8.95. The van der Waals surface area contributed by atoms with Gasteiger partial charge < -0.3 is 0 Å². The van der Waals surface area contributed by atoms with Gasteiger partial charge >= 0.3 is 0 Å². The highest BCUT2D eigenvalue weighted by atomic mass is 35.5. The summed E-state index contributed by atoms with van der Waals surface area (Å²) in [6.45, 7) is 4.74. The molecule has 1 N–H and O–H groups in total. The number of hydrogen-bond donors (Lipinski definition) is 1. The van der Waals surface area contributed by atoms with Crippen LogP contribution in [0.3, 0.4) is 0 Å². The fraction of sp³-hybridized carbons (Fsp3) is 0.368. The second-order valence-corrected chi connectivity index (χ2v) is 8.19. The Bertz CT molecular complexity index is 858. The number of aryl methyl sites for hydroxylation is 1. The third kappa shape index (κ3) is 5.04. The molecule has 0 bridgehead atoms. The quantitative estimate of drug-likeness (QED) is 0.759. The Labute approximate surface area is 160 Å². The van der Waals surface area contributed by atoms with Gasteiger partial charge in [-0.2, -0.15) is 0 Å². The summed E-state index contributed by atoms with van der Waals surface area (Å²) in [4.78, 5) is 2.35. The first-order chi connectivity index (χ1) is 12.0. The zero-order valence-corrected chi connectivity index (χ0v) is 16.4. The standard InChI is InChI=1S/C19H23FN2O2S.ClH/c1-15-7-8-18(20)13-19(15)25(23,24)21-10-4-11-22-12-9-16-5-2-3-6-17(16)14-22;/h2-3,5-8,13,21H,4,9-12,14H2,1H3;1H. The van der Waals surface area contributed by atoms with Gasteiger partial charge in [-0.1, -0.05) is 30.3 Å². The lowest BCUT2D eigenvalue weighted by atomic mass is 10.00. The van der Waals surface area contributed by atoms with Crippen LogP contribution in [0, 0.1) is 12.7 Å². The van der Waals surface area contributed by atoms with Crippen LogP contribution < -0.4 is 4.72 Å². The van der Waals surface area contributed by atoms with Crippen LogP contribution in [0.4, 0.5) is 4.39 Å². The zero-order chi connectivity index (χ0) is 17.9. The van der Waals surface area contributed by atoms with Crippen molar-refractivity contribution in [3.05, 3.63) is 65.0 Å². The zero-order valence-electron chi connectivity index (χ0n) is 14.7. The van der Waals surface area contributed by atoms with Crippen LogP contribution in [0.1, 0.15) is 23.1 Å². The molecule has 4 nitrogen and oxygen atoms in total. The second-order valence-electron chi connectivity index (χ2n) is 6.46. The van der Waals surface area contributed by atoms with E-state index in [-0.39, 0.29) is 17.3 Å². The Morgan fingerprint density at radius 1 is 1.15 bits per heavy atom. The van der Waals surface area contributed by atoms with Crippen LogP contribution in [-0.2, 0) is 23.0 Å². The summed E-state index contributed by atoms with van der Waals surface area (Å²) >= 11 is 0. The Hall–Kier alpha value is -1.47. The van der Waals surface area contributed by atoms with E-state index in [1.165, 1.54) is 23.3 Å². The SMILES string of the molecule is Cc1ccc(F)cc1S(=O)(=O)NCCCN1CCc2ccccc2C1.Cl. The molecule has 0 unspecified atom stereocenters. The van der Waals surface area contributed by atoms with E-state index in [4.69, 9.17) is 0 Å². The van der Waals surface area contributed by atoms with Crippen molar-refractivity contribution in [1.82, 2.24) is 9.62 Å². The summed E-state index contributed by atoms with van der Waals surface area (Å²) in [7, 11) is -3.67. The molecule has 0 atom stereocenters. The van der Waals surface area contributed by atoms with Gasteiger partial charge in [0.05, 0.1) is 4.90 Å². The maximum Gasteiger partial charge on any atom is 0.240 e. The molecule has 0 radical (unpaired) electrons. The molecular weight excluding hydrogens is 375 g/mol. The normalized spacial score (nSPS) is 14.5. The van der Waals surface area contributed by atoms with E-state index >= 15 is 0 Å². The van der Waals surface area contributed by atoms with Crippen molar-refractivity contribution in [2.24, 2.45) is 0 Å². The average Bonchev–Trinajstić information content (AvgIpc) is 2.60. The Balaban J connectivity index is 0.00000243. The largest absolute Gasteiger partial charge is 0.299 e. The van der Waals surface area contributed by atoms with Gasteiger partial charge in [-0.25, -0.2) is 17.5 Å². The molecule has 1 aliphatic rings. The third-order valence-electron chi connectivity index (χ3n) is 4.59. The van der Waals surface area contributed by atoms with Gasteiger partial charge in [-0.15, -0.1) is 12.4 Å². The van der Waals surface area contributed by atoms with Crippen LogP contribution in [0.2, 0.25) is 0 Å². The summed E-state index contributed by atoms with van der Waals surface area (Å²) in [6, 6.07) is 12.3. The third-order valence-corrected chi connectivity index (χ3v) is 6.20. The summed E-state index contributed by atoms with van der Waals surface area (Å²) < 4.78 is 40.6. The summed E-state index contributed by atoms with van der Waals surface area (Å²) in [5, 5.41) is 0. The van der Waals surface area contributed by atoms with Crippen molar-refractivity contribution in [2.75, 3.05) is 19.6 Å². The minimum Gasteiger partial charge on any atom is -0.299 e. The summed E-state index contributed by atoms with van der Waals surface area (Å²) in [5.41, 5.74) is 3.30. The molecule has 0 saturated carbocycles. The fourth-order valence-corrected chi connectivity index (χ4v) is 4.52. The number of rotatable bonds is 6. The Morgan fingerprint density at radius 2 is 1.88 bits per heavy atom. The lowest BCUT2D eigenvalue weighted by molar-refractivity contribution is 0.251. The van der Waals surface area contributed by atoms with E-state index in [0.29, 0.717) is 12.1 Å². The van der Waals surface area contributed by atoms with E-state index in [0.717, 1.165) is 38.5 Å². The molecule has 1 aliphatic heterocycles. The topological polar surface area (TPSA) is 49.4 Å². The molecule has 0 amide bonds. The lowest BCUT2D eigenvalue weighted by Gasteiger charge is -2.28. The minimum absolute atomic E-state index is 0. The smallest absolute Gasteiger partial charge is 0.240 e. The van der Waals surface area contributed by atoms with Crippen molar-refractivity contribution >= 4 is 22.4 Å². The molecular formula is C19H24ClFN2O2S. The van der Waals surface area contributed by atoms with Crippen LogP contribution in [0.25, 0.3) is 0 Å². The molecule has 2 aromatic carbocycles. The highest BCUT2D eigenvalue weighted by molar-refractivity contribution is 7.89. The van der Waals surface area contributed by atoms with Gasteiger partial charge in [0.25, 0.3) is 0 Å². The molecule has 1 heterocycles. The lowest BCUT2D eigenvalue weighted by Crippen LogP contribution is -2.33. The van der Waals surface area contributed by atoms with Crippen molar-refractivity contribution in [3.8, 4) is 0 Å². The molecule has 7 heteroatoms. The highest BCUT2D eigenvalue weighted by Gasteiger charge is 2.18. The number of nitrogens with zero attached hydrogens (tertiary/aromatic N) is 1. The van der Waals surface area contributed by atoms with Crippen molar-refractivity contribution < 1.29 is 12.8 Å². The van der Waals surface area contributed by atoms with E-state index in [1.54, 1.807) is 6.92 Å². The van der Waals surface area contributed by atoms with Crippen LogP contribution >= 0.6 is 12.4 Å². The first-order valence-corrected chi connectivity index (χ1v) is 9.99. The average molecular weight is 399 g/mol. The maximum absolute atomic E-state index is 13.3. The number of hydrogen-bond acceptors (Lipinski definition) is 3. The predicted molar refractivity (Wildman–Crippen MR) is 104 cm³/mol. The molecule has 0 aliphatic carbocycles. The molecule has 0 fully saturated rings. The number of benzene rings is 2. The van der Waals surface area contributed by atoms with Crippen molar-refractivity contribution in [3.63, 3.8) is 0 Å². The number of nitrogens with one attached hydrogen (secondary N) is 1. The Kier molecular flexibility index (Phi) is 7.17. The molecule has 26 heavy (non-hydrogen) atoms. The fourth-order valence-electron chi connectivity index (χ4n) is 3.20. The van der Waals surface area contributed by atoms with Gasteiger partial charge in [-0.3, -0.25) is 4.90 Å². The van der Waals surface area contributed by atoms with Crippen LogP contribution in [0.5, 0.6) is 0 Å². The summed E-state index contributed by atoms with van der Waals surface area (Å²) in [6.07, 6.45) is 1.75. The first-order valence-electron chi connectivity index (χ1n) is 8.51. The number of halogens is 2. The molecule has 3 rings (SSSR count). The van der Waals surface area contributed by atoms with Gasteiger partial charge in [0.1, 0.15) is 5.82 Å². The molecule has 142 valence electrons. The van der Waals surface area contributed by atoms with Gasteiger partial charge in [0, 0.05) is 19.6 Å². The predicted octanol–water partition coefficient (Wildman–Crippen LogP) is 3.28.